The number of carbonyl (C=O) groups is 2. The lowest BCUT2D eigenvalue weighted by molar-refractivity contribution is -0.118. The lowest BCUT2D eigenvalue weighted by Crippen LogP contribution is -2.45. The topological polar surface area (TPSA) is 114 Å². The van der Waals surface area contributed by atoms with Crippen molar-refractivity contribution in [1.29, 1.82) is 0 Å². The number of pyridine rings is 2. The standard InChI is InChI=1S/C28H33N7O3/c1-19-22(16-21(17-29-19)30-25(36)18-34-12-9-28(10-13-34)7-4-8-28)31-27(37)26-33-32-24-15-20(6-11-35(24)26)23-5-2-3-14-38-23/h5-6,11,15-17H,2-4,7-10,12-14,18H2,1H3,(H,30,36)(H,31,37). The number of aromatic nitrogens is 4. The molecule has 10 heteroatoms. The van der Waals surface area contributed by atoms with Gasteiger partial charge in [-0.25, -0.2) is 0 Å². The number of rotatable bonds is 6. The first kappa shape index (κ1) is 24.5. The monoisotopic (exact) mass is 515 g/mol. The van der Waals surface area contributed by atoms with Gasteiger partial charge in [-0.05, 0) is 88.2 Å². The van der Waals surface area contributed by atoms with Crippen molar-refractivity contribution in [1.82, 2.24) is 24.5 Å². The average Bonchev–Trinajstić information content (AvgIpc) is 3.34. The average molecular weight is 516 g/mol. The lowest BCUT2D eigenvalue weighted by atomic mass is 9.63. The van der Waals surface area contributed by atoms with Crippen LogP contribution in [-0.4, -0.2) is 62.5 Å². The first-order chi connectivity index (χ1) is 18.5. The number of likely N-dealkylation sites (tertiary alicyclic amines) is 1. The van der Waals surface area contributed by atoms with Crippen LogP contribution in [0.25, 0.3) is 11.4 Å². The molecule has 1 saturated carbocycles. The van der Waals surface area contributed by atoms with Gasteiger partial charge in [0.15, 0.2) is 5.65 Å². The van der Waals surface area contributed by atoms with E-state index in [2.05, 4.69) is 36.8 Å². The first-order valence-corrected chi connectivity index (χ1v) is 13.5. The van der Waals surface area contributed by atoms with Gasteiger partial charge in [0.05, 0.1) is 36.4 Å². The summed E-state index contributed by atoms with van der Waals surface area (Å²) >= 11 is 0. The molecular formula is C28H33N7O3. The maximum Gasteiger partial charge on any atom is 0.294 e. The van der Waals surface area contributed by atoms with E-state index in [0.717, 1.165) is 37.3 Å². The highest BCUT2D eigenvalue weighted by Gasteiger charge is 2.39. The number of allylic oxidation sites excluding steroid dienone is 1. The van der Waals surface area contributed by atoms with Gasteiger partial charge < -0.3 is 15.4 Å². The van der Waals surface area contributed by atoms with Crippen LogP contribution in [0, 0.1) is 12.3 Å². The van der Waals surface area contributed by atoms with Crippen LogP contribution in [0.2, 0.25) is 0 Å². The van der Waals surface area contributed by atoms with Gasteiger partial charge in [-0.1, -0.05) is 6.42 Å². The molecule has 2 amide bonds. The Labute approximate surface area is 221 Å². The summed E-state index contributed by atoms with van der Waals surface area (Å²) in [5.41, 5.74) is 3.70. The van der Waals surface area contributed by atoms with Gasteiger partial charge in [-0.15, -0.1) is 10.2 Å². The zero-order valence-corrected chi connectivity index (χ0v) is 21.7. The molecule has 6 rings (SSSR count). The van der Waals surface area contributed by atoms with Crippen LogP contribution < -0.4 is 10.6 Å². The summed E-state index contributed by atoms with van der Waals surface area (Å²) in [4.78, 5) is 32.4. The molecule has 0 atom stereocenters. The van der Waals surface area contributed by atoms with Crippen LogP contribution in [0.15, 0.2) is 36.7 Å². The van der Waals surface area contributed by atoms with E-state index < -0.39 is 5.91 Å². The van der Waals surface area contributed by atoms with E-state index in [1.807, 2.05) is 12.1 Å². The Kier molecular flexibility index (Phi) is 6.57. The molecule has 5 heterocycles. The Morgan fingerprint density at radius 3 is 2.66 bits per heavy atom. The van der Waals surface area contributed by atoms with Gasteiger partial charge in [0.1, 0.15) is 5.76 Å². The minimum Gasteiger partial charge on any atom is -0.493 e. The van der Waals surface area contributed by atoms with Crippen molar-refractivity contribution in [3.05, 3.63) is 53.8 Å². The number of ether oxygens (including phenoxy) is 1. The van der Waals surface area contributed by atoms with E-state index in [9.17, 15) is 9.59 Å². The minimum atomic E-state index is -0.412. The highest BCUT2D eigenvalue weighted by Crippen LogP contribution is 2.48. The Morgan fingerprint density at radius 1 is 1.08 bits per heavy atom. The van der Waals surface area contributed by atoms with Gasteiger partial charge >= 0.3 is 0 Å². The van der Waals surface area contributed by atoms with E-state index in [-0.39, 0.29) is 11.7 Å². The predicted molar refractivity (Wildman–Crippen MR) is 144 cm³/mol. The molecule has 198 valence electrons. The fourth-order valence-corrected chi connectivity index (χ4v) is 5.63. The van der Waals surface area contributed by atoms with E-state index >= 15 is 0 Å². The fourth-order valence-electron chi connectivity index (χ4n) is 5.63. The second-order valence-electron chi connectivity index (χ2n) is 10.7. The summed E-state index contributed by atoms with van der Waals surface area (Å²) in [5, 5.41) is 14.1. The van der Waals surface area contributed by atoms with Crippen LogP contribution in [-0.2, 0) is 9.53 Å². The van der Waals surface area contributed by atoms with Gasteiger partial charge in [-0.2, -0.15) is 0 Å². The van der Waals surface area contributed by atoms with Gasteiger partial charge in [0.25, 0.3) is 5.91 Å². The van der Waals surface area contributed by atoms with E-state index in [4.69, 9.17) is 4.74 Å². The van der Waals surface area contributed by atoms with Crippen LogP contribution in [0.1, 0.15) is 66.8 Å². The zero-order chi connectivity index (χ0) is 26.1. The molecule has 10 nitrogen and oxygen atoms in total. The predicted octanol–water partition coefficient (Wildman–Crippen LogP) is 4.04. The number of nitrogens with zero attached hydrogens (tertiary/aromatic N) is 5. The van der Waals surface area contributed by atoms with E-state index in [0.29, 0.717) is 41.3 Å². The van der Waals surface area contributed by atoms with Crippen LogP contribution in [0.5, 0.6) is 0 Å². The molecule has 38 heavy (non-hydrogen) atoms. The first-order valence-electron chi connectivity index (χ1n) is 13.5. The van der Waals surface area contributed by atoms with E-state index in [1.54, 1.807) is 29.8 Å². The third kappa shape index (κ3) is 5.00. The van der Waals surface area contributed by atoms with Crippen molar-refractivity contribution in [3.63, 3.8) is 0 Å². The highest BCUT2D eigenvalue weighted by atomic mass is 16.5. The summed E-state index contributed by atoms with van der Waals surface area (Å²) in [7, 11) is 0. The summed E-state index contributed by atoms with van der Waals surface area (Å²) in [5.74, 6) is 0.503. The van der Waals surface area contributed by atoms with Crippen molar-refractivity contribution in [2.45, 2.75) is 51.9 Å². The Hall–Kier alpha value is -3.79. The summed E-state index contributed by atoms with van der Waals surface area (Å²) in [6, 6.07) is 5.48. The van der Waals surface area contributed by atoms with Crippen molar-refractivity contribution in [2.75, 3.05) is 36.9 Å². The quantitative estimate of drug-likeness (QED) is 0.509. The van der Waals surface area contributed by atoms with Crippen molar-refractivity contribution < 1.29 is 14.3 Å². The van der Waals surface area contributed by atoms with Crippen molar-refractivity contribution in [3.8, 4) is 0 Å². The molecule has 3 aliphatic rings. The normalized spacial score (nSPS) is 18.9. The molecule has 2 N–H and O–H groups in total. The molecule has 1 spiro atoms. The maximum atomic E-state index is 13.1. The van der Waals surface area contributed by atoms with Crippen LogP contribution in [0.4, 0.5) is 11.4 Å². The molecule has 3 aromatic heterocycles. The molecule has 1 aliphatic carbocycles. The van der Waals surface area contributed by atoms with Crippen molar-refractivity contribution >= 4 is 34.6 Å². The molecule has 2 aliphatic heterocycles. The van der Waals surface area contributed by atoms with Crippen molar-refractivity contribution in [2.24, 2.45) is 5.41 Å². The molecule has 0 bridgehead atoms. The molecule has 2 fully saturated rings. The lowest BCUT2D eigenvalue weighted by Gasteiger charge is -2.47. The zero-order valence-electron chi connectivity index (χ0n) is 21.7. The molecule has 0 unspecified atom stereocenters. The molecule has 1 saturated heterocycles. The summed E-state index contributed by atoms with van der Waals surface area (Å²) in [6.07, 6.45) is 13.8. The third-order valence-electron chi connectivity index (χ3n) is 8.15. The number of piperidine rings is 1. The Balaban J connectivity index is 1.10. The number of hydrogen-bond acceptors (Lipinski definition) is 7. The third-order valence-corrected chi connectivity index (χ3v) is 8.15. The number of aryl methyl sites for hydroxylation is 1. The molecule has 3 aromatic rings. The van der Waals surface area contributed by atoms with Crippen LogP contribution in [0.3, 0.4) is 0 Å². The second-order valence-corrected chi connectivity index (χ2v) is 10.7. The number of carbonyl (C=O) groups excluding carboxylic acids is 2. The second kappa shape index (κ2) is 10.2. The summed E-state index contributed by atoms with van der Waals surface area (Å²) in [6.45, 7) is 4.81. The number of amides is 2. The molecular weight excluding hydrogens is 482 g/mol. The fraction of sp³-hybridized carbons (Fsp3) is 0.464. The number of hydrogen-bond donors (Lipinski definition) is 2. The number of nitrogens with one attached hydrogen (secondary N) is 2. The summed E-state index contributed by atoms with van der Waals surface area (Å²) < 4.78 is 7.38. The Bertz CT molecular complexity index is 1400. The van der Waals surface area contributed by atoms with Gasteiger partial charge in [0.2, 0.25) is 11.7 Å². The maximum absolute atomic E-state index is 13.1. The number of fused-ring (bicyclic) bond motifs is 1. The highest BCUT2D eigenvalue weighted by molar-refractivity contribution is 6.03. The largest absolute Gasteiger partial charge is 0.493 e. The smallest absolute Gasteiger partial charge is 0.294 e. The molecule has 0 aromatic carbocycles. The van der Waals surface area contributed by atoms with Gasteiger partial charge in [0, 0.05) is 11.8 Å². The SMILES string of the molecule is Cc1ncc(NC(=O)CN2CCC3(CCC3)CC2)cc1NC(=O)c1nnc2cc(C3=CCCCO3)ccn12. The van der Waals surface area contributed by atoms with Crippen LogP contribution >= 0.6 is 0 Å². The Morgan fingerprint density at radius 2 is 1.92 bits per heavy atom. The minimum absolute atomic E-state index is 0.0752. The molecule has 0 radical (unpaired) electrons. The van der Waals surface area contributed by atoms with Gasteiger partial charge in [-0.3, -0.25) is 23.9 Å². The number of anilines is 2. The van der Waals surface area contributed by atoms with E-state index in [1.165, 1.54) is 32.1 Å².